The number of rotatable bonds is 6. The molecule has 33 heavy (non-hydrogen) atoms. The number of allylic oxidation sites excluding steroid dienone is 4. The van der Waals surface area contributed by atoms with Gasteiger partial charge in [0.25, 0.3) is 0 Å². The quantitative estimate of drug-likeness (QED) is 0.120. The van der Waals surface area contributed by atoms with Gasteiger partial charge in [-0.15, -0.1) is 46.8 Å². The van der Waals surface area contributed by atoms with E-state index >= 15 is 0 Å². The van der Waals surface area contributed by atoms with E-state index in [-0.39, 0.29) is 25.8 Å². The van der Waals surface area contributed by atoms with Gasteiger partial charge in [-0.05, 0) is 18.5 Å². The molecule has 0 nitrogen and oxygen atoms in total. The van der Waals surface area contributed by atoms with E-state index in [0.29, 0.717) is 0 Å². The molecule has 162 valence electrons. The van der Waals surface area contributed by atoms with Crippen molar-refractivity contribution >= 4 is 34.6 Å². The van der Waals surface area contributed by atoms with Gasteiger partial charge in [0, 0.05) is 0 Å². The monoisotopic (exact) mass is 614 g/mol. The van der Waals surface area contributed by atoms with E-state index in [2.05, 4.69) is 123 Å². The summed E-state index contributed by atoms with van der Waals surface area (Å²) in [4.78, 5) is 0. The van der Waals surface area contributed by atoms with Gasteiger partial charge in [0.15, 0.2) is 0 Å². The molecule has 1 aliphatic carbocycles. The summed E-state index contributed by atoms with van der Waals surface area (Å²) in [6.07, 6.45) is 10.5. The summed E-state index contributed by atoms with van der Waals surface area (Å²) >= 11 is 0. The van der Waals surface area contributed by atoms with Crippen molar-refractivity contribution in [2.45, 2.75) is 39.5 Å². The van der Waals surface area contributed by atoms with Gasteiger partial charge < -0.3 is 0 Å². The molecule has 0 unspecified atom stereocenters. The van der Waals surface area contributed by atoms with Crippen LogP contribution < -0.4 is 15.9 Å². The third-order valence-corrected chi connectivity index (χ3v) is 8.29. The normalized spacial score (nSPS) is 12.6. The summed E-state index contributed by atoms with van der Waals surface area (Å²) in [7, 11) is -0.493. The minimum absolute atomic E-state index is 0. The van der Waals surface area contributed by atoms with E-state index < -0.39 is 7.92 Å². The van der Waals surface area contributed by atoms with Crippen LogP contribution in [0.25, 0.3) is 10.8 Å². The second-order valence-corrected chi connectivity index (χ2v) is 10.4. The summed E-state index contributed by atoms with van der Waals surface area (Å²) in [5.41, 5.74) is 2.91. The van der Waals surface area contributed by atoms with Crippen LogP contribution in [0.5, 0.6) is 0 Å². The second kappa shape index (κ2) is 13.1. The Morgan fingerprint density at radius 1 is 0.848 bits per heavy atom. The number of fused-ring (bicyclic) bond motifs is 1. The van der Waals surface area contributed by atoms with E-state index in [1.807, 2.05) is 0 Å². The van der Waals surface area contributed by atoms with Crippen LogP contribution in [0.3, 0.4) is 0 Å². The maximum atomic E-state index is 3.30. The average molecular weight is 613 g/mol. The van der Waals surface area contributed by atoms with E-state index in [1.165, 1.54) is 57.1 Å². The molecule has 0 heterocycles. The molecule has 0 bridgehead atoms. The molecule has 2 heteroatoms. The van der Waals surface area contributed by atoms with Crippen LogP contribution >= 0.6 is 7.92 Å². The van der Waals surface area contributed by atoms with Gasteiger partial charge in [-0.2, -0.15) is 17.7 Å². The molecule has 0 saturated carbocycles. The van der Waals surface area contributed by atoms with Crippen molar-refractivity contribution in [2.24, 2.45) is 0 Å². The molecule has 0 atom stereocenters. The Morgan fingerprint density at radius 3 is 2.00 bits per heavy atom. The van der Waals surface area contributed by atoms with Crippen molar-refractivity contribution in [1.82, 2.24) is 0 Å². The van der Waals surface area contributed by atoms with Crippen molar-refractivity contribution in [1.29, 1.82) is 0 Å². The van der Waals surface area contributed by atoms with Crippen molar-refractivity contribution in [3.05, 3.63) is 120 Å². The zero-order chi connectivity index (χ0) is 22.2. The molecule has 0 aromatic heterocycles. The summed E-state index contributed by atoms with van der Waals surface area (Å²) < 4.78 is 0. The van der Waals surface area contributed by atoms with Gasteiger partial charge in [0.2, 0.25) is 0 Å². The number of unbranched alkanes of at least 4 members (excludes halogenated alkanes) is 1. The first-order valence-electron chi connectivity index (χ1n) is 11.6. The van der Waals surface area contributed by atoms with Crippen molar-refractivity contribution in [3.63, 3.8) is 0 Å². The number of hydrogen-bond acceptors (Lipinski definition) is 0. The molecule has 0 radical (unpaired) electrons. The molecule has 0 amide bonds. The topological polar surface area (TPSA) is 0 Å². The van der Waals surface area contributed by atoms with Crippen molar-refractivity contribution in [2.75, 3.05) is 0 Å². The predicted molar refractivity (Wildman–Crippen MR) is 143 cm³/mol. The molecule has 0 saturated heterocycles. The molecule has 4 aromatic rings. The second-order valence-electron chi connectivity index (χ2n) is 8.19. The molecular formula is C31H31HfP+2. The van der Waals surface area contributed by atoms with E-state index in [4.69, 9.17) is 0 Å². The third-order valence-electron chi connectivity index (χ3n) is 5.89. The molecule has 1 aliphatic rings. The van der Waals surface area contributed by atoms with E-state index in [1.54, 1.807) is 0 Å². The SMILES string of the molecule is CCCCC1=CC[C-]=C1C.[Hf+4].c1ccc(P(c2ccccc2)c2cc3ccccc3[cH-]2)cc1. The Hall–Kier alpha value is -1.95. The Morgan fingerprint density at radius 2 is 1.45 bits per heavy atom. The van der Waals surface area contributed by atoms with Crippen LogP contribution in [-0.2, 0) is 25.8 Å². The fourth-order valence-corrected chi connectivity index (χ4v) is 6.49. The predicted octanol–water partition coefficient (Wildman–Crippen LogP) is 7.57. The van der Waals surface area contributed by atoms with E-state index in [9.17, 15) is 0 Å². The first-order chi connectivity index (χ1) is 15.8. The van der Waals surface area contributed by atoms with Crippen LogP contribution in [0.1, 0.15) is 39.5 Å². The summed E-state index contributed by atoms with van der Waals surface area (Å²) in [6, 6.07) is 35.0. The zero-order valence-electron chi connectivity index (χ0n) is 19.6. The maximum Gasteiger partial charge on any atom is 4.00 e. The Balaban J connectivity index is 0.000000237. The van der Waals surface area contributed by atoms with Crippen molar-refractivity contribution in [3.8, 4) is 0 Å². The minimum atomic E-state index is -0.493. The molecule has 0 N–H and O–H groups in total. The molecule has 0 aliphatic heterocycles. The molecule has 5 rings (SSSR count). The zero-order valence-corrected chi connectivity index (χ0v) is 24.1. The Bertz CT molecular complexity index is 1110. The van der Waals surface area contributed by atoms with Crippen LogP contribution in [0, 0.1) is 6.08 Å². The fraction of sp³-hybridized carbons (Fsp3) is 0.194. The smallest absolute Gasteiger partial charge is 0.269 e. The maximum absolute atomic E-state index is 3.30. The molecule has 0 spiro atoms. The minimum Gasteiger partial charge on any atom is -0.269 e. The standard InChI is InChI=1S/C21H16P.C10H15.Hf/c1-3-11-19(12-4-1)22(20-13-5-2-6-14-20)21-15-17-9-7-8-10-18(17)16-21;1-3-4-7-10-8-5-6-9(10)2;/h1-16H;8H,3-5,7H2,1-2H3;/q2*-1;+4. The molecular weight excluding hydrogens is 582 g/mol. The van der Waals surface area contributed by atoms with Gasteiger partial charge in [-0.1, -0.05) is 99.8 Å². The van der Waals surface area contributed by atoms with Crippen LogP contribution in [0.2, 0.25) is 0 Å². The first kappa shape index (κ1) is 25.7. The average Bonchev–Trinajstić information content (AvgIpc) is 3.45. The third kappa shape index (κ3) is 6.78. The van der Waals surface area contributed by atoms with Crippen LogP contribution in [0.15, 0.2) is 114 Å². The van der Waals surface area contributed by atoms with Gasteiger partial charge in [-0.25, -0.2) is 5.57 Å². The largest absolute Gasteiger partial charge is 4.00 e. The van der Waals surface area contributed by atoms with Crippen LogP contribution in [0.4, 0.5) is 0 Å². The summed E-state index contributed by atoms with van der Waals surface area (Å²) in [5, 5.41) is 6.89. The van der Waals surface area contributed by atoms with E-state index in [0.717, 1.165) is 6.42 Å². The number of hydrogen-bond donors (Lipinski definition) is 0. The van der Waals surface area contributed by atoms with Crippen molar-refractivity contribution < 1.29 is 25.8 Å². The fourth-order valence-electron chi connectivity index (χ4n) is 4.12. The van der Waals surface area contributed by atoms with Gasteiger partial charge in [-0.3, -0.25) is 6.08 Å². The Labute approximate surface area is 219 Å². The number of benzene rings is 3. The first-order valence-corrected chi connectivity index (χ1v) is 12.9. The van der Waals surface area contributed by atoms with Gasteiger partial charge in [0.1, 0.15) is 0 Å². The summed E-state index contributed by atoms with van der Waals surface area (Å²) in [6.45, 7) is 4.40. The Kier molecular flexibility index (Phi) is 10.2. The van der Waals surface area contributed by atoms with Crippen LogP contribution in [-0.4, -0.2) is 0 Å². The van der Waals surface area contributed by atoms with Gasteiger partial charge in [0.05, 0.1) is 0 Å². The molecule has 4 aromatic carbocycles. The van der Waals surface area contributed by atoms with Gasteiger partial charge >= 0.3 is 25.8 Å². The summed E-state index contributed by atoms with van der Waals surface area (Å²) in [5.74, 6) is 0. The molecule has 0 fully saturated rings.